The zero-order chi connectivity index (χ0) is 52.4. The predicted octanol–water partition coefficient (Wildman–Crippen LogP) is 18.9. The van der Waals surface area contributed by atoms with Crippen LogP contribution in [0.25, 0.3) is 109 Å². The molecule has 0 fully saturated rings. The second-order valence-corrected chi connectivity index (χ2v) is 21.0. The minimum absolute atomic E-state index is 0.599. The fraction of sp³-hybridized carbons (Fsp3) is 0. The number of aromatic nitrogens is 5. The SMILES string of the molecule is Brc1ccc(-c2nc3ccccc3o2)cc1.Nc1ccc(-c2nc3ccccc3s2)cc1.c1ccc2oc(-c3ccc(N(c4ccc(-c5nc6ccccc6o5)cc4)c4ccc(-c5nc6ccccc6s5)cc4)cc3)nc2c1. The Kier molecular flexibility index (Phi) is 13.1. The maximum absolute atomic E-state index is 6.03. The number of halogens is 1. The molecule has 0 unspecified atom stereocenters. The van der Waals surface area contributed by atoms with Gasteiger partial charge in [-0.1, -0.05) is 76.6 Å². The van der Waals surface area contributed by atoms with Crippen molar-refractivity contribution in [1.82, 2.24) is 24.9 Å². The molecule has 0 radical (unpaired) electrons. The number of oxazole rings is 3. The van der Waals surface area contributed by atoms with Crippen molar-refractivity contribution < 1.29 is 13.3 Å². The highest BCUT2D eigenvalue weighted by Crippen LogP contribution is 2.39. The van der Waals surface area contributed by atoms with Gasteiger partial charge >= 0.3 is 0 Å². The van der Waals surface area contributed by atoms with Crippen LogP contribution in [0, 0.1) is 0 Å². The van der Waals surface area contributed by atoms with Crippen molar-refractivity contribution >= 4 is 115 Å². The quantitative estimate of drug-likeness (QED) is 0.147. The lowest BCUT2D eigenvalue weighted by molar-refractivity contribution is 0.619. The Labute approximate surface area is 463 Å². The fourth-order valence-corrected chi connectivity index (χ4v) is 11.1. The summed E-state index contributed by atoms with van der Waals surface area (Å²) < 4.78 is 21.2. The standard InChI is InChI=1S/C39H24N4O2S.C13H8BrNO.C13H10N2S/c1-4-10-34-31(7-1)40-37(44-34)25-13-19-28(20-14-25)43(29-21-15-26(16-22-29)38-41-32-8-2-5-11-35(32)45-38)30-23-17-27(18-24-30)39-42-33-9-3-6-12-36(33)46-39;2*14-10-7-5-9(6-8-10)13-15-11-3-1-2-4-12(11)16-13/h1-24H;1-8H;1-8H,14H2. The molecular formula is C65H42BrN7O3S2. The second-order valence-electron chi connectivity index (χ2n) is 18.0. The van der Waals surface area contributed by atoms with E-state index < -0.39 is 0 Å². The number of thiazole rings is 2. The Hall–Kier alpha value is -9.53. The summed E-state index contributed by atoms with van der Waals surface area (Å²) >= 11 is 6.81. The van der Waals surface area contributed by atoms with Crippen LogP contribution in [0.3, 0.4) is 0 Å². The average Bonchev–Trinajstić information content (AvgIpc) is 4.38. The monoisotopic (exact) mass is 1110 g/mol. The third kappa shape index (κ3) is 10.2. The zero-order valence-electron chi connectivity index (χ0n) is 41.3. The van der Waals surface area contributed by atoms with Crippen LogP contribution in [0.15, 0.2) is 260 Å². The Bertz CT molecular complexity index is 3970. The molecular weight excluding hydrogens is 1070 g/mol. The van der Waals surface area contributed by atoms with Crippen LogP contribution in [0.4, 0.5) is 22.7 Å². The van der Waals surface area contributed by atoms with Crippen molar-refractivity contribution in [3.63, 3.8) is 0 Å². The number of anilines is 4. The first kappa shape index (κ1) is 48.1. The van der Waals surface area contributed by atoms with E-state index in [1.54, 1.807) is 22.7 Å². The van der Waals surface area contributed by atoms with Crippen LogP contribution in [-0.2, 0) is 0 Å². The number of hydrogen-bond acceptors (Lipinski definition) is 12. The van der Waals surface area contributed by atoms with Crippen LogP contribution in [0.2, 0.25) is 0 Å². The van der Waals surface area contributed by atoms with Gasteiger partial charge in [-0.2, -0.15) is 0 Å². The number of nitrogens with zero attached hydrogens (tertiary/aromatic N) is 6. The number of para-hydroxylation sites is 8. The smallest absolute Gasteiger partial charge is 0.227 e. The number of rotatable bonds is 8. The number of fused-ring (bicyclic) bond motifs is 5. The summed E-state index contributed by atoms with van der Waals surface area (Å²) in [7, 11) is 0. The number of hydrogen-bond donors (Lipinski definition) is 1. The first-order valence-electron chi connectivity index (χ1n) is 24.9. The van der Waals surface area contributed by atoms with Crippen LogP contribution in [0.1, 0.15) is 0 Å². The van der Waals surface area contributed by atoms with Crippen molar-refractivity contribution in [3.05, 3.63) is 247 Å². The van der Waals surface area contributed by atoms with Crippen molar-refractivity contribution in [2.24, 2.45) is 0 Å². The molecule has 0 bridgehead atoms. The van der Waals surface area contributed by atoms with E-state index in [0.29, 0.717) is 17.7 Å². The molecule has 5 aromatic heterocycles. The molecule has 0 spiro atoms. The molecule has 374 valence electrons. The third-order valence-corrected chi connectivity index (χ3v) is 15.5. The Morgan fingerprint density at radius 3 is 0.987 bits per heavy atom. The van der Waals surface area contributed by atoms with E-state index in [1.807, 2.05) is 146 Å². The summed E-state index contributed by atoms with van der Waals surface area (Å²) in [5.74, 6) is 1.86. The van der Waals surface area contributed by atoms with E-state index in [0.717, 1.165) is 109 Å². The van der Waals surface area contributed by atoms with Gasteiger partial charge in [0.15, 0.2) is 16.7 Å². The van der Waals surface area contributed by atoms with Crippen LogP contribution in [0.5, 0.6) is 0 Å². The van der Waals surface area contributed by atoms with Crippen LogP contribution in [-0.4, -0.2) is 24.9 Å². The first-order chi connectivity index (χ1) is 38.4. The molecule has 0 saturated heterocycles. The molecule has 78 heavy (non-hydrogen) atoms. The molecule has 15 rings (SSSR count). The molecule has 13 heteroatoms. The first-order valence-corrected chi connectivity index (χ1v) is 27.3. The number of benzene rings is 10. The lowest BCUT2D eigenvalue weighted by atomic mass is 10.1. The van der Waals surface area contributed by atoms with E-state index in [1.165, 1.54) is 9.40 Å². The van der Waals surface area contributed by atoms with Gasteiger partial charge in [0, 0.05) is 55.0 Å². The average molecular weight is 1110 g/mol. The second kappa shape index (κ2) is 21.2. The van der Waals surface area contributed by atoms with E-state index in [-0.39, 0.29) is 0 Å². The van der Waals surface area contributed by atoms with Crippen molar-refractivity contribution in [2.75, 3.05) is 10.6 Å². The maximum atomic E-state index is 6.03. The minimum atomic E-state index is 0.599. The number of nitrogens with two attached hydrogens (primary N) is 1. The molecule has 5 heterocycles. The van der Waals surface area contributed by atoms with E-state index in [9.17, 15) is 0 Å². The highest BCUT2D eigenvalue weighted by Gasteiger charge is 2.17. The summed E-state index contributed by atoms with van der Waals surface area (Å²) in [6, 6.07) is 80.7. The zero-order valence-corrected chi connectivity index (χ0v) is 44.5. The minimum Gasteiger partial charge on any atom is -0.436 e. The molecule has 15 aromatic rings. The highest BCUT2D eigenvalue weighted by atomic mass is 79.9. The summed E-state index contributed by atoms with van der Waals surface area (Å²) in [5, 5.41) is 2.05. The highest BCUT2D eigenvalue weighted by molar-refractivity contribution is 9.10. The lowest BCUT2D eigenvalue weighted by Crippen LogP contribution is -2.09. The van der Waals surface area contributed by atoms with Gasteiger partial charge in [-0.05, 0) is 182 Å². The summed E-state index contributed by atoms with van der Waals surface area (Å²) in [6.45, 7) is 0. The van der Waals surface area contributed by atoms with Crippen LogP contribution >= 0.6 is 38.6 Å². The van der Waals surface area contributed by atoms with E-state index in [2.05, 4.69) is 138 Å². The van der Waals surface area contributed by atoms with Gasteiger partial charge in [0.2, 0.25) is 17.7 Å². The van der Waals surface area contributed by atoms with Gasteiger partial charge < -0.3 is 23.9 Å². The third-order valence-electron chi connectivity index (χ3n) is 12.8. The predicted molar refractivity (Wildman–Crippen MR) is 322 cm³/mol. The molecule has 0 saturated carbocycles. The van der Waals surface area contributed by atoms with Gasteiger partial charge in [0.25, 0.3) is 0 Å². The molecule has 0 aliphatic rings. The summed E-state index contributed by atoms with van der Waals surface area (Å²) in [4.78, 5) is 25.5. The Morgan fingerprint density at radius 1 is 0.321 bits per heavy atom. The van der Waals surface area contributed by atoms with Gasteiger partial charge in [-0.25, -0.2) is 24.9 Å². The van der Waals surface area contributed by atoms with Gasteiger partial charge in [-0.15, -0.1) is 22.7 Å². The summed E-state index contributed by atoms with van der Waals surface area (Å²) in [5.41, 5.74) is 21.5. The maximum Gasteiger partial charge on any atom is 0.227 e. The van der Waals surface area contributed by atoms with Gasteiger partial charge in [0.1, 0.15) is 26.6 Å². The van der Waals surface area contributed by atoms with Crippen molar-refractivity contribution in [2.45, 2.75) is 0 Å². The Morgan fingerprint density at radius 2 is 0.628 bits per heavy atom. The van der Waals surface area contributed by atoms with Crippen molar-refractivity contribution in [3.8, 4) is 55.5 Å². The van der Waals surface area contributed by atoms with E-state index in [4.69, 9.17) is 24.0 Å². The van der Waals surface area contributed by atoms with Crippen LogP contribution < -0.4 is 10.6 Å². The van der Waals surface area contributed by atoms with E-state index >= 15 is 0 Å². The largest absolute Gasteiger partial charge is 0.436 e. The normalized spacial score (nSPS) is 11.2. The number of nitrogen functional groups attached to an aromatic ring is 1. The van der Waals surface area contributed by atoms with Crippen molar-refractivity contribution in [1.29, 1.82) is 0 Å². The lowest BCUT2D eigenvalue weighted by Gasteiger charge is -2.26. The molecule has 10 aromatic carbocycles. The van der Waals surface area contributed by atoms with Gasteiger partial charge in [0.05, 0.1) is 20.4 Å². The Balaban J connectivity index is 0.000000146. The molecule has 10 nitrogen and oxygen atoms in total. The molecule has 0 atom stereocenters. The molecule has 0 aliphatic carbocycles. The molecule has 0 aliphatic heterocycles. The topological polar surface area (TPSA) is 133 Å². The molecule has 0 amide bonds. The fourth-order valence-electron chi connectivity index (χ4n) is 8.90. The summed E-state index contributed by atoms with van der Waals surface area (Å²) in [6.07, 6.45) is 0. The van der Waals surface area contributed by atoms with Gasteiger partial charge in [-0.3, -0.25) is 0 Å². The molecule has 2 N–H and O–H groups in total.